The number of hydrogen-bond donors (Lipinski definition) is 2. The van der Waals surface area contributed by atoms with E-state index in [1.807, 2.05) is 6.92 Å². The van der Waals surface area contributed by atoms with Crippen LogP contribution in [0.25, 0.3) is 5.69 Å². The molecule has 0 saturated heterocycles. The molecule has 0 spiro atoms. The molecule has 0 aliphatic rings. The number of nitrogens with zero attached hydrogens (tertiary/aromatic N) is 2. The minimum Gasteiger partial charge on any atom is -0.478 e. The fraction of sp³-hybridized carbons (Fsp3) is 0.154. The summed E-state index contributed by atoms with van der Waals surface area (Å²) in [4.78, 5) is 21.7. The minimum atomic E-state index is -1.09. The molecule has 6 heteroatoms. The van der Waals surface area contributed by atoms with Crippen molar-refractivity contribution in [2.45, 2.75) is 13.3 Å². The van der Waals surface area contributed by atoms with E-state index in [1.165, 1.54) is 22.9 Å². The van der Waals surface area contributed by atoms with E-state index < -0.39 is 11.9 Å². The quantitative estimate of drug-likeness (QED) is 0.874. The molecule has 1 heterocycles. The standard InChI is InChI=1S/C13H12N2O4/c1-2-9-7-11(13(18)19)14-15(9)10-5-3-8(4-6-10)12(16)17/h3-7H,2H2,1H3,(H,16,17)(H,18,19). The molecule has 0 bridgehead atoms. The fourth-order valence-corrected chi connectivity index (χ4v) is 1.74. The average Bonchev–Trinajstić information content (AvgIpc) is 2.83. The maximum atomic E-state index is 10.9. The zero-order chi connectivity index (χ0) is 14.0. The van der Waals surface area contributed by atoms with Crippen molar-refractivity contribution in [3.8, 4) is 5.69 Å². The van der Waals surface area contributed by atoms with E-state index in [0.29, 0.717) is 12.1 Å². The maximum Gasteiger partial charge on any atom is 0.356 e. The van der Waals surface area contributed by atoms with Gasteiger partial charge in [-0.25, -0.2) is 14.3 Å². The van der Waals surface area contributed by atoms with Gasteiger partial charge in [0.05, 0.1) is 11.3 Å². The summed E-state index contributed by atoms with van der Waals surface area (Å²) >= 11 is 0. The summed E-state index contributed by atoms with van der Waals surface area (Å²) in [5.41, 5.74) is 1.53. The monoisotopic (exact) mass is 260 g/mol. The van der Waals surface area contributed by atoms with Gasteiger partial charge in [-0.15, -0.1) is 0 Å². The summed E-state index contributed by atoms with van der Waals surface area (Å²) in [6, 6.07) is 7.62. The molecule has 2 N–H and O–H groups in total. The van der Waals surface area contributed by atoms with Crippen molar-refractivity contribution in [1.82, 2.24) is 9.78 Å². The normalized spacial score (nSPS) is 10.4. The molecule has 0 fully saturated rings. The number of aromatic carboxylic acids is 2. The minimum absolute atomic E-state index is 0.0286. The summed E-state index contributed by atoms with van der Waals surface area (Å²) in [7, 11) is 0. The third-order valence-corrected chi connectivity index (χ3v) is 2.72. The summed E-state index contributed by atoms with van der Waals surface area (Å²) in [5.74, 6) is -2.09. The first-order valence-corrected chi connectivity index (χ1v) is 5.69. The van der Waals surface area contributed by atoms with Gasteiger partial charge in [0.15, 0.2) is 5.69 Å². The molecule has 0 atom stereocenters. The third-order valence-electron chi connectivity index (χ3n) is 2.72. The van der Waals surface area contributed by atoms with Crippen LogP contribution in [0.2, 0.25) is 0 Å². The van der Waals surface area contributed by atoms with Gasteiger partial charge in [-0.3, -0.25) is 0 Å². The Morgan fingerprint density at radius 2 is 1.79 bits per heavy atom. The predicted octanol–water partition coefficient (Wildman–Crippen LogP) is 1.83. The van der Waals surface area contributed by atoms with Crippen molar-refractivity contribution in [1.29, 1.82) is 0 Å². The van der Waals surface area contributed by atoms with Crippen LogP contribution in [0.4, 0.5) is 0 Å². The van der Waals surface area contributed by atoms with Crippen molar-refractivity contribution in [2.75, 3.05) is 0 Å². The Morgan fingerprint density at radius 1 is 1.16 bits per heavy atom. The van der Waals surface area contributed by atoms with E-state index in [0.717, 1.165) is 5.69 Å². The molecule has 98 valence electrons. The summed E-state index contributed by atoms with van der Waals surface area (Å²) < 4.78 is 1.51. The molecule has 2 aromatic rings. The summed E-state index contributed by atoms with van der Waals surface area (Å²) in [6.07, 6.45) is 0.626. The second kappa shape index (κ2) is 4.93. The number of benzene rings is 1. The molecule has 19 heavy (non-hydrogen) atoms. The largest absolute Gasteiger partial charge is 0.478 e. The zero-order valence-electron chi connectivity index (χ0n) is 10.2. The molecule has 0 saturated carbocycles. The molecule has 0 unspecified atom stereocenters. The van der Waals surface area contributed by atoms with Crippen molar-refractivity contribution in [3.05, 3.63) is 47.3 Å². The lowest BCUT2D eigenvalue weighted by Crippen LogP contribution is -2.04. The van der Waals surface area contributed by atoms with Crippen LogP contribution in [0, 0.1) is 0 Å². The molecule has 0 aliphatic carbocycles. The van der Waals surface area contributed by atoms with Crippen LogP contribution >= 0.6 is 0 Å². The highest BCUT2D eigenvalue weighted by Crippen LogP contribution is 2.14. The van der Waals surface area contributed by atoms with Crippen molar-refractivity contribution < 1.29 is 19.8 Å². The van der Waals surface area contributed by atoms with Gasteiger partial charge in [-0.2, -0.15) is 5.10 Å². The second-order valence-corrected chi connectivity index (χ2v) is 3.94. The molecule has 0 aliphatic heterocycles. The first-order chi connectivity index (χ1) is 9.02. The highest BCUT2D eigenvalue weighted by atomic mass is 16.4. The molecule has 0 radical (unpaired) electrons. The van der Waals surface area contributed by atoms with Crippen molar-refractivity contribution >= 4 is 11.9 Å². The molecule has 1 aromatic heterocycles. The van der Waals surface area contributed by atoms with Gasteiger partial charge in [0.25, 0.3) is 0 Å². The van der Waals surface area contributed by atoms with Gasteiger partial charge >= 0.3 is 11.9 Å². The second-order valence-electron chi connectivity index (χ2n) is 3.94. The first-order valence-electron chi connectivity index (χ1n) is 5.69. The van der Waals surface area contributed by atoms with Gasteiger partial charge in [0.1, 0.15) is 0 Å². The highest BCUT2D eigenvalue weighted by molar-refractivity contribution is 5.88. The summed E-state index contributed by atoms with van der Waals surface area (Å²) in [5, 5.41) is 21.7. The Morgan fingerprint density at radius 3 is 2.26 bits per heavy atom. The van der Waals surface area contributed by atoms with Gasteiger partial charge in [-0.05, 0) is 36.8 Å². The summed E-state index contributed by atoms with van der Waals surface area (Å²) in [6.45, 7) is 1.89. The Bertz CT molecular complexity index is 629. The Kier molecular flexibility index (Phi) is 3.33. The lowest BCUT2D eigenvalue weighted by Gasteiger charge is -2.05. The van der Waals surface area contributed by atoms with Crippen LogP contribution in [-0.2, 0) is 6.42 Å². The van der Waals surface area contributed by atoms with E-state index in [9.17, 15) is 9.59 Å². The number of carboxylic acids is 2. The average molecular weight is 260 g/mol. The van der Waals surface area contributed by atoms with E-state index >= 15 is 0 Å². The van der Waals surface area contributed by atoms with E-state index in [2.05, 4.69) is 5.10 Å². The number of carboxylic acid groups (broad SMARTS) is 2. The van der Waals surface area contributed by atoms with E-state index in [4.69, 9.17) is 10.2 Å². The van der Waals surface area contributed by atoms with E-state index in [1.54, 1.807) is 12.1 Å². The molecular weight excluding hydrogens is 248 g/mol. The van der Waals surface area contributed by atoms with Crippen LogP contribution < -0.4 is 0 Å². The zero-order valence-corrected chi connectivity index (χ0v) is 10.2. The van der Waals surface area contributed by atoms with Gasteiger partial charge in [-0.1, -0.05) is 6.92 Å². The van der Waals surface area contributed by atoms with Crippen LogP contribution in [0.3, 0.4) is 0 Å². The molecular formula is C13H12N2O4. The smallest absolute Gasteiger partial charge is 0.356 e. The Hall–Kier alpha value is -2.63. The molecule has 0 amide bonds. The maximum absolute atomic E-state index is 10.9. The molecule has 2 rings (SSSR count). The van der Waals surface area contributed by atoms with Crippen LogP contribution in [0.1, 0.15) is 33.5 Å². The van der Waals surface area contributed by atoms with Gasteiger partial charge < -0.3 is 10.2 Å². The first kappa shape index (κ1) is 12.8. The van der Waals surface area contributed by atoms with Crippen LogP contribution in [0.15, 0.2) is 30.3 Å². The number of aryl methyl sites for hydroxylation is 1. The Balaban J connectivity index is 2.45. The Labute approximate surface area is 108 Å². The van der Waals surface area contributed by atoms with Crippen molar-refractivity contribution in [3.63, 3.8) is 0 Å². The van der Waals surface area contributed by atoms with Crippen molar-refractivity contribution in [2.24, 2.45) is 0 Å². The van der Waals surface area contributed by atoms with Gasteiger partial charge in [0, 0.05) is 5.69 Å². The lowest BCUT2D eigenvalue weighted by atomic mass is 10.2. The topological polar surface area (TPSA) is 92.4 Å². The highest BCUT2D eigenvalue weighted by Gasteiger charge is 2.13. The molecule has 1 aromatic carbocycles. The SMILES string of the molecule is CCc1cc(C(=O)O)nn1-c1ccc(C(=O)O)cc1. The van der Waals surface area contributed by atoms with Gasteiger partial charge in [0.2, 0.25) is 0 Å². The fourth-order valence-electron chi connectivity index (χ4n) is 1.74. The van der Waals surface area contributed by atoms with Crippen LogP contribution in [-0.4, -0.2) is 31.9 Å². The number of aromatic nitrogens is 2. The van der Waals surface area contributed by atoms with E-state index in [-0.39, 0.29) is 11.3 Å². The predicted molar refractivity (Wildman–Crippen MR) is 66.9 cm³/mol. The number of hydrogen-bond acceptors (Lipinski definition) is 3. The number of carbonyl (C=O) groups is 2. The third kappa shape index (κ3) is 2.47. The van der Waals surface area contributed by atoms with Crippen LogP contribution in [0.5, 0.6) is 0 Å². The number of rotatable bonds is 4. The lowest BCUT2D eigenvalue weighted by molar-refractivity contribution is 0.0682. The molecule has 6 nitrogen and oxygen atoms in total.